The van der Waals surface area contributed by atoms with Gasteiger partial charge >= 0.3 is 0 Å². The van der Waals surface area contributed by atoms with Gasteiger partial charge in [0.15, 0.2) is 0 Å². The van der Waals surface area contributed by atoms with Crippen molar-refractivity contribution in [1.82, 2.24) is 15.0 Å². The maximum atomic E-state index is 12.1. The lowest BCUT2D eigenvalue weighted by Crippen LogP contribution is -2.23. The predicted molar refractivity (Wildman–Crippen MR) is 84.6 cm³/mol. The summed E-state index contributed by atoms with van der Waals surface area (Å²) in [4.78, 5) is 4.33. The Morgan fingerprint density at radius 1 is 1.19 bits per heavy atom. The van der Waals surface area contributed by atoms with Crippen LogP contribution in [-0.4, -0.2) is 19.9 Å². The number of benzene rings is 1. The summed E-state index contributed by atoms with van der Waals surface area (Å²) < 4.78 is 26.8. The first-order chi connectivity index (χ1) is 10.1. The van der Waals surface area contributed by atoms with E-state index in [1.165, 1.54) is 11.3 Å². The van der Waals surface area contributed by atoms with E-state index < -0.39 is 10.0 Å². The third-order valence-corrected chi connectivity index (χ3v) is 4.97. The van der Waals surface area contributed by atoms with Crippen molar-refractivity contribution < 1.29 is 8.42 Å². The fourth-order valence-corrected chi connectivity index (χ4v) is 3.33. The zero-order valence-corrected chi connectivity index (χ0v) is 13.5. The van der Waals surface area contributed by atoms with Crippen LogP contribution in [0.5, 0.6) is 0 Å². The molecule has 0 aliphatic heterocycles. The summed E-state index contributed by atoms with van der Waals surface area (Å²) in [5.74, 6) is 0. The Bertz CT molecular complexity index is 637. The Kier molecular flexibility index (Phi) is 5.86. The quantitative estimate of drug-likeness (QED) is 0.729. The van der Waals surface area contributed by atoms with Crippen molar-refractivity contribution >= 4 is 21.4 Å². The second kappa shape index (κ2) is 7.65. The Morgan fingerprint density at radius 3 is 2.57 bits per heavy atom. The van der Waals surface area contributed by atoms with Gasteiger partial charge in [0.25, 0.3) is 0 Å². The maximum absolute atomic E-state index is 12.1. The van der Waals surface area contributed by atoms with Crippen LogP contribution in [0.25, 0.3) is 0 Å². The van der Waals surface area contributed by atoms with Crippen LogP contribution >= 0.6 is 11.3 Å². The number of thiazole rings is 1. The zero-order valence-electron chi connectivity index (χ0n) is 11.9. The van der Waals surface area contributed by atoms with Gasteiger partial charge in [0.2, 0.25) is 10.0 Å². The summed E-state index contributed by atoms with van der Waals surface area (Å²) in [7, 11) is -3.48. The van der Waals surface area contributed by atoms with Crippen molar-refractivity contribution in [3.05, 3.63) is 46.4 Å². The lowest BCUT2D eigenvalue weighted by Gasteiger charge is -2.07. The molecule has 114 valence electrons. The molecular formula is C14H19N3O2S2. The molecule has 0 fully saturated rings. The highest BCUT2D eigenvalue weighted by atomic mass is 32.2. The smallest absolute Gasteiger partial charge is 0.240 e. The van der Waals surface area contributed by atoms with Crippen LogP contribution in [-0.2, 0) is 23.1 Å². The number of hydrogen-bond donors (Lipinski definition) is 2. The molecule has 5 nitrogen and oxygen atoms in total. The van der Waals surface area contributed by atoms with E-state index in [1.54, 1.807) is 17.6 Å². The SMILES string of the molecule is CCCNCc1ccc(S(=O)(=O)NCc2cscn2)cc1. The zero-order chi connectivity index (χ0) is 15.1. The number of aromatic nitrogens is 1. The average molecular weight is 325 g/mol. The van der Waals surface area contributed by atoms with E-state index in [0.717, 1.165) is 30.8 Å². The molecule has 1 aromatic heterocycles. The number of sulfonamides is 1. The molecule has 2 N–H and O–H groups in total. The van der Waals surface area contributed by atoms with E-state index >= 15 is 0 Å². The second-order valence-electron chi connectivity index (χ2n) is 4.63. The highest BCUT2D eigenvalue weighted by molar-refractivity contribution is 7.89. The molecule has 2 aromatic rings. The normalized spacial score (nSPS) is 11.7. The van der Waals surface area contributed by atoms with Gasteiger partial charge in [-0.25, -0.2) is 18.1 Å². The van der Waals surface area contributed by atoms with Crippen LogP contribution in [0.4, 0.5) is 0 Å². The van der Waals surface area contributed by atoms with Crippen molar-refractivity contribution in [2.45, 2.75) is 31.3 Å². The molecule has 0 unspecified atom stereocenters. The van der Waals surface area contributed by atoms with E-state index in [1.807, 2.05) is 17.5 Å². The maximum Gasteiger partial charge on any atom is 0.240 e. The largest absolute Gasteiger partial charge is 0.313 e. The summed E-state index contributed by atoms with van der Waals surface area (Å²) in [6.45, 7) is 4.03. The predicted octanol–water partition coefficient (Wildman–Crippen LogP) is 2.12. The third kappa shape index (κ3) is 4.89. The van der Waals surface area contributed by atoms with E-state index in [-0.39, 0.29) is 11.4 Å². The van der Waals surface area contributed by atoms with Gasteiger partial charge in [-0.2, -0.15) is 0 Å². The van der Waals surface area contributed by atoms with Gasteiger partial charge in [0, 0.05) is 11.9 Å². The Morgan fingerprint density at radius 2 is 1.95 bits per heavy atom. The first-order valence-corrected chi connectivity index (χ1v) is 9.21. The number of rotatable bonds is 8. The molecule has 0 spiro atoms. The fraction of sp³-hybridized carbons (Fsp3) is 0.357. The highest BCUT2D eigenvalue weighted by Gasteiger charge is 2.13. The molecule has 0 saturated heterocycles. The van der Waals surface area contributed by atoms with Gasteiger partial charge in [0.1, 0.15) is 0 Å². The topological polar surface area (TPSA) is 71.1 Å². The van der Waals surface area contributed by atoms with Crippen molar-refractivity contribution in [3.8, 4) is 0 Å². The Hall–Kier alpha value is -1.28. The lowest BCUT2D eigenvalue weighted by atomic mass is 10.2. The van der Waals surface area contributed by atoms with E-state index in [0.29, 0.717) is 0 Å². The van der Waals surface area contributed by atoms with Crippen molar-refractivity contribution in [2.24, 2.45) is 0 Å². The van der Waals surface area contributed by atoms with Crippen LogP contribution in [0.1, 0.15) is 24.6 Å². The molecule has 1 aromatic carbocycles. The minimum absolute atomic E-state index is 0.214. The van der Waals surface area contributed by atoms with Gasteiger partial charge in [-0.1, -0.05) is 19.1 Å². The lowest BCUT2D eigenvalue weighted by molar-refractivity contribution is 0.580. The molecular weight excluding hydrogens is 306 g/mol. The summed E-state index contributed by atoms with van der Waals surface area (Å²) in [6, 6.07) is 6.93. The van der Waals surface area contributed by atoms with E-state index in [2.05, 4.69) is 21.9 Å². The number of hydrogen-bond acceptors (Lipinski definition) is 5. The van der Waals surface area contributed by atoms with Crippen molar-refractivity contribution in [3.63, 3.8) is 0 Å². The molecule has 21 heavy (non-hydrogen) atoms. The fourth-order valence-electron chi connectivity index (χ4n) is 1.77. The van der Waals surface area contributed by atoms with Crippen LogP contribution in [0.3, 0.4) is 0 Å². The Balaban J connectivity index is 1.96. The average Bonchev–Trinajstić information content (AvgIpc) is 3.00. The first-order valence-electron chi connectivity index (χ1n) is 6.78. The van der Waals surface area contributed by atoms with Crippen LogP contribution in [0.2, 0.25) is 0 Å². The number of nitrogens with zero attached hydrogens (tertiary/aromatic N) is 1. The standard InChI is InChI=1S/C14H19N3O2S2/c1-2-7-15-8-12-3-5-14(6-4-12)21(18,19)17-9-13-10-20-11-16-13/h3-6,10-11,15,17H,2,7-9H2,1H3. The highest BCUT2D eigenvalue weighted by Crippen LogP contribution is 2.11. The van der Waals surface area contributed by atoms with Crippen molar-refractivity contribution in [1.29, 1.82) is 0 Å². The summed E-state index contributed by atoms with van der Waals surface area (Å²) in [5.41, 5.74) is 3.48. The molecule has 0 radical (unpaired) electrons. The molecule has 0 saturated carbocycles. The van der Waals surface area contributed by atoms with E-state index in [9.17, 15) is 8.42 Å². The van der Waals surface area contributed by atoms with Gasteiger partial charge in [-0.15, -0.1) is 11.3 Å². The minimum atomic E-state index is -3.48. The van der Waals surface area contributed by atoms with Crippen LogP contribution in [0.15, 0.2) is 40.1 Å². The van der Waals surface area contributed by atoms with Crippen molar-refractivity contribution in [2.75, 3.05) is 6.54 Å². The molecule has 0 aliphatic rings. The molecule has 0 aliphatic carbocycles. The number of nitrogens with one attached hydrogen (secondary N) is 2. The van der Waals surface area contributed by atoms with Crippen LogP contribution < -0.4 is 10.0 Å². The molecule has 1 heterocycles. The summed E-state index contributed by atoms with van der Waals surface area (Å²) >= 11 is 1.44. The summed E-state index contributed by atoms with van der Waals surface area (Å²) in [6.07, 6.45) is 1.08. The molecule has 0 atom stereocenters. The second-order valence-corrected chi connectivity index (χ2v) is 7.11. The van der Waals surface area contributed by atoms with Crippen LogP contribution in [0, 0.1) is 0 Å². The van der Waals surface area contributed by atoms with Gasteiger partial charge < -0.3 is 5.32 Å². The third-order valence-electron chi connectivity index (χ3n) is 2.92. The molecule has 2 rings (SSSR count). The molecule has 7 heteroatoms. The monoisotopic (exact) mass is 325 g/mol. The minimum Gasteiger partial charge on any atom is -0.313 e. The first kappa shape index (κ1) is 16.1. The van der Waals surface area contributed by atoms with Gasteiger partial charge in [-0.05, 0) is 30.7 Å². The Labute approximate surface area is 129 Å². The summed E-state index contributed by atoms with van der Waals surface area (Å²) in [5, 5.41) is 5.11. The van der Waals surface area contributed by atoms with Gasteiger partial charge in [-0.3, -0.25) is 0 Å². The van der Waals surface area contributed by atoms with Gasteiger partial charge in [0.05, 0.1) is 22.6 Å². The van der Waals surface area contributed by atoms with E-state index in [4.69, 9.17) is 0 Å². The molecule has 0 bridgehead atoms. The molecule has 0 amide bonds.